The molecule has 4 atom stereocenters. The molecule has 1 amide bonds. The zero-order chi connectivity index (χ0) is 39.9. The molecule has 0 aromatic heterocycles. The fourth-order valence-electron chi connectivity index (χ4n) is 7.40. The maximum Gasteiger partial charge on any atom is 0.410 e. The highest BCUT2D eigenvalue weighted by Gasteiger charge is 2.41. The molecule has 0 heterocycles. The van der Waals surface area contributed by atoms with Crippen LogP contribution in [0.4, 0.5) is 13.6 Å². The van der Waals surface area contributed by atoms with Crippen LogP contribution in [0.2, 0.25) is 0 Å². The van der Waals surface area contributed by atoms with E-state index in [1.54, 1.807) is 20.8 Å². The van der Waals surface area contributed by atoms with Gasteiger partial charge in [0.15, 0.2) is 0 Å². The number of hydrogen-bond donors (Lipinski definition) is 2. The summed E-state index contributed by atoms with van der Waals surface area (Å²) >= 11 is 0. The van der Waals surface area contributed by atoms with Crippen LogP contribution in [-0.2, 0) is 40.3 Å². The standard InChI is InChI=1S/C46H58F2N2O6/c1-46(2,3)56-45(53)50(30-40(52)33-54-41-22-14-7-15-23-41)43(31-51)44(55-32-36-20-12-6-13-21-36)42(26-37-24-38(47)27-39(48)25-37)49(28-34-16-8-4-9-17-34)29-35-18-10-5-11-19-35/h4-6,8-13,16-21,24-25,27,40-44,51-52H,7,14-15,22-23,26,28-33H2,1-3H3/t40?,42-,43+,44-/m0/s1. The van der Waals surface area contributed by atoms with Crippen LogP contribution in [-0.4, -0.2) is 81.9 Å². The van der Waals surface area contributed by atoms with Gasteiger partial charge in [0.2, 0.25) is 0 Å². The van der Waals surface area contributed by atoms with Crippen molar-refractivity contribution >= 4 is 6.09 Å². The van der Waals surface area contributed by atoms with Gasteiger partial charge in [0.05, 0.1) is 50.7 Å². The zero-order valence-electron chi connectivity index (χ0n) is 32.9. The fraction of sp³-hybridized carbons (Fsp3) is 0.457. The minimum atomic E-state index is -1.10. The predicted molar refractivity (Wildman–Crippen MR) is 214 cm³/mol. The first-order chi connectivity index (χ1) is 27.0. The molecule has 5 rings (SSSR count). The summed E-state index contributed by atoms with van der Waals surface area (Å²) in [5, 5.41) is 22.9. The quantitative estimate of drug-likeness (QED) is 0.0989. The second kappa shape index (κ2) is 21.4. The molecular weight excluding hydrogens is 715 g/mol. The normalized spacial score (nSPS) is 15.9. The molecule has 2 N–H and O–H groups in total. The highest BCUT2D eigenvalue weighted by Crippen LogP contribution is 2.28. The largest absolute Gasteiger partial charge is 0.444 e. The number of hydrogen-bond acceptors (Lipinski definition) is 7. The van der Waals surface area contributed by atoms with Crippen molar-refractivity contribution in [2.45, 2.75) is 115 Å². The number of carbonyl (C=O) groups excluding carboxylic acids is 1. The number of amides is 1. The van der Waals surface area contributed by atoms with Crippen LogP contribution in [0.5, 0.6) is 0 Å². The lowest BCUT2D eigenvalue weighted by molar-refractivity contribution is -0.0997. The molecule has 0 saturated heterocycles. The van der Waals surface area contributed by atoms with Crippen molar-refractivity contribution in [2.24, 2.45) is 0 Å². The molecule has 302 valence electrons. The number of benzene rings is 4. The van der Waals surface area contributed by atoms with Gasteiger partial charge in [-0.3, -0.25) is 9.80 Å². The smallest absolute Gasteiger partial charge is 0.410 e. The van der Waals surface area contributed by atoms with Gasteiger partial charge in [-0.05, 0) is 74.4 Å². The van der Waals surface area contributed by atoms with Gasteiger partial charge in [-0.2, -0.15) is 0 Å². The molecule has 56 heavy (non-hydrogen) atoms. The molecule has 4 aromatic carbocycles. The molecule has 4 aromatic rings. The third-order valence-electron chi connectivity index (χ3n) is 10.0. The van der Waals surface area contributed by atoms with Crippen molar-refractivity contribution in [3.05, 3.63) is 143 Å². The molecule has 0 bridgehead atoms. The van der Waals surface area contributed by atoms with Crippen molar-refractivity contribution in [3.8, 4) is 0 Å². The molecule has 1 fully saturated rings. The Balaban J connectivity index is 1.61. The van der Waals surface area contributed by atoms with Gasteiger partial charge in [-0.15, -0.1) is 0 Å². The first-order valence-corrected chi connectivity index (χ1v) is 19.8. The fourth-order valence-corrected chi connectivity index (χ4v) is 7.40. The molecule has 1 unspecified atom stereocenters. The van der Waals surface area contributed by atoms with Crippen molar-refractivity contribution < 1.29 is 38.0 Å². The van der Waals surface area contributed by atoms with Crippen LogP contribution in [0.1, 0.15) is 75.1 Å². The number of aliphatic hydroxyl groups is 2. The molecular formula is C46H58F2N2O6. The van der Waals surface area contributed by atoms with Crippen LogP contribution in [0.3, 0.4) is 0 Å². The highest BCUT2D eigenvalue weighted by molar-refractivity contribution is 5.68. The lowest BCUT2D eigenvalue weighted by Crippen LogP contribution is -2.60. The SMILES string of the molecule is CC(C)(C)OC(=O)N(CC(O)COC1CCCCC1)[C@H](CO)[C@@H](OCc1ccccc1)[C@H](Cc1cc(F)cc(F)c1)N(Cc1ccccc1)Cc1ccccc1. The summed E-state index contributed by atoms with van der Waals surface area (Å²) in [6.45, 7) is 5.42. The molecule has 0 radical (unpaired) electrons. The van der Waals surface area contributed by atoms with E-state index in [2.05, 4.69) is 4.90 Å². The second-order valence-corrected chi connectivity index (χ2v) is 15.8. The van der Waals surface area contributed by atoms with E-state index in [0.29, 0.717) is 18.7 Å². The summed E-state index contributed by atoms with van der Waals surface area (Å²) in [7, 11) is 0. The van der Waals surface area contributed by atoms with E-state index in [0.717, 1.165) is 54.9 Å². The van der Waals surface area contributed by atoms with Crippen LogP contribution in [0, 0.1) is 11.6 Å². The summed E-state index contributed by atoms with van der Waals surface area (Å²) in [5.41, 5.74) is 2.31. The first-order valence-electron chi connectivity index (χ1n) is 19.8. The topological polar surface area (TPSA) is 91.7 Å². The number of aliphatic hydroxyl groups excluding tert-OH is 2. The third kappa shape index (κ3) is 13.8. The van der Waals surface area contributed by atoms with E-state index < -0.39 is 54.2 Å². The molecule has 0 spiro atoms. The number of halogens is 2. The summed E-state index contributed by atoms with van der Waals surface area (Å²) < 4.78 is 48.7. The summed E-state index contributed by atoms with van der Waals surface area (Å²) in [6, 6.07) is 31.0. The van der Waals surface area contributed by atoms with Gasteiger partial charge >= 0.3 is 6.09 Å². The molecule has 1 saturated carbocycles. The van der Waals surface area contributed by atoms with E-state index in [4.69, 9.17) is 14.2 Å². The summed E-state index contributed by atoms with van der Waals surface area (Å²) in [5.74, 6) is -1.43. The monoisotopic (exact) mass is 772 g/mol. The van der Waals surface area contributed by atoms with Crippen LogP contribution in [0.25, 0.3) is 0 Å². The van der Waals surface area contributed by atoms with Gasteiger partial charge in [0, 0.05) is 25.2 Å². The van der Waals surface area contributed by atoms with Gasteiger partial charge in [-0.1, -0.05) is 110 Å². The molecule has 1 aliphatic carbocycles. The average Bonchev–Trinajstić information content (AvgIpc) is 3.17. The minimum Gasteiger partial charge on any atom is -0.444 e. The maximum atomic E-state index is 14.9. The predicted octanol–water partition coefficient (Wildman–Crippen LogP) is 8.47. The van der Waals surface area contributed by atoms with Crippen LogP contribution < -0.4 is 0 Å². The Kier molecular flexibility index (Phi) is 16.4. The molecule has 1 aliphatic rings. The molecule has 10 heteroatoms. The number of carbonyl (C=O) groups is 1. The summed E-state index contributed by atoms with van der Waals surface area (Å²) in [4.78, 5) is 17.8. The van der Waals surface area contributed by atoms with Crippen molar-refractivity contribution in [1.29, 1.82) is 0 Å². The van der Waals surface area contributed by atoms with Crippen molar-refractivity contribution in [1.82, 2.24) is 9.80 Å². The lowest BCUT2D eigenvalue weighted by Gasteiger charge is -2.44. The van der Waals surface area contributed by atoms with Gasteiger partial charge < -0.3 is 24.4 Å². The lowest BCUT2D eigenvalue weighted by atomic mass is 9.92. The van der Waals surface area contributed by atoms with Gasteiger partial charge in [0.25, 0.3) is 0 Å². The summed E-state index contributed by atoms with van der Waals surface area (Å²) in [6.07, 6.45) is 2.43. The number of ether oxygens (including phenoxy) is 3. The average molecular weight is 773 g/mol. The van der Waals surface area contributed by atoms with Crippen molar-refractivity contribution in [3.63, 3.8) is 0 Å². The Hall–Kier alpha value is -4.19. The zero-order valence-corrected chi connectivity index (χ0v) is 32.9. The molecule has 0 aliphatic heterocycles. The Labute approximate surface area is 331 Å². The van der Waals surface area contributed by atoms with Crippen LogP contribution >= 0.6 is 0 Å². The van der Waals surface area contributed by atoms with Crippen molar-refractivity contribution in [2.75, 3.05) is 19.8 Å². The Bertz CT molecular complexity index is 1680. The Morgan fingerprint density at radius 3 is 1.82 bits per heavy atom. The van der Waals surface area contributed by atoms with E-state index in [1.165, 1.54) is 17.0 Å². The number of rotatable bonds is 19. The highest BCUT2D eigenvalue weighted by atomic mass is 19.1. The van der Waals surface area contributed by atoms with E-state index in [-0.39, 0.29) is 32.3 Å². The maximum absolute atomic E-state index is 14.9. The van der Waals surface area contributed by atoms with Gasteiger partial charge in [-0.25, -0.2) is 13.6 Å². The van der Waals surface area contributed by atoms with Gasteiger partial charge in [0.1, 0.15) is 17.2 Å². The van der Waals surface area contributed by atoms with Crippen LogP contribution in [0.15, 0.2) is 109 Å². The first kappa shape index (κ1) is 42.9. The Morgan fingerprint density at radius 2 is 1.30 bits per heavy atom. The van der Waals surface area contributed by atoms with E-state index >= 15 is 0 Å². The van der Waals surface area contributed by atoms with E-state index in [1.807, 2.05) is 91.0 Å². The number of nitrogens with zero attached hydrogens (tertiary/aromatic N) is 2. The third-order valence-corrected chi connectivity index (χ3v) is 10.0. The molecule has 8 nitrogen and oxygen atoms in total. The second-order valence-electron chi connectivity index (χ2n) is 15.8. The van der Waals surface area contributed by atoms with E-state index in [9.17, 15) is 23.8 Å². The minimum absolute atomic E-state index is 0.00219. The Morgan fingerprint density at radius 1 is 0.768 bits per heavy atom.